The predicted molar refractivity (Wildman–Crippen MR) is 72.8 cm³/mol. The topological polar surface area (TPSA) is 72.6 Å². The first-order valence-electron chi connectivity index (χ1n) is 5.87. The zero-order valence-electron chi connectivity index (χ0n) is 10.6. The lowest BCUT2D eigenvalue weighted by Crippen LogP contribution is -2.06. The molecule has 0 saturated heterocycles. The number of phenols is 1. The van der Waals surface area contributed by atoms with Crippen LogP contribution in [0.5, 0.6) is 5.75 Å². The number of aryl methyl sites for hydroxylation is 1. The molecule has 3 N–H and O–H groups in total. The molecule has 4 heteroatoms. The first-order valence-corrected chi connectivity index (χ1v) is 5.87. The third kappa shape index (κ3) is 3.48. The highest BCUT2D eigenvalue weighted by atomic mass is 16.5. The number of hydrogen-bond acceptors (Lipinski definition) is 4. The van der Waals surface area contributed by atoms with E-state index in [9.17, 15) is 9.90 Å². The molecule has 0 unspecified atom stereocenters. The molecule has 2 aromatic carbocycles. The van der Waals surface area contributed by atoms with E-state index in [2.05, 4.69) is 0 Å². The SMILES string of the molecule is Cc1cc(N)cc(C(=O)OCc2cccc(O)c2)c1. The van der Waals surface area contributed by atoms with Crippen molar-refractivity contribution in [3.63, 3.8) is 0 Å². The van der Waals surface area contributed by atoms with Gasteiger partial charge in [-0.15, -0.1) is 0 Å². The van der Waals surface area contributed by atoms with Gasteiger partial charge in [0.1, 0.15) is 12.4 Å². The summed E-state index contributed by atoms with van der Waals surface area (Å²) in [5.74, 6) is -0.285. The second-order valence-corrected chi connectivity index (χ2v) is 4.38. The van der Waals surface area contributed by atoms with Crippen molar-refractivity contribution in [2.75, 3.05) is 5.73 Å². The van der Waals surface area contributed by atoms with E-state index >= 15 is 0 Å². The number of nitrogens with two attached hydrogens (primary N) is 1. The average molecular weight is 257 g/mol. The van der Waals surface area contributed by atoms with Crippen molar-refractivity contribution >= 4 is 11.7 Å². The van der Waals surface area contributed by atoms with Gasteiger partial charge >= 0.3 is 5.97 Å². The van der Waals surface area contributed by atoms with Crippen LogP contribution in [0, 0.1) is 6.92 Å². The smallest absolute Gasteiger partial charge is 0.338 e. The maximum atomic E-state index is 11.9. The molecule has 0 atom stereocenters. The third-order valence-corrected chi connectivity index (χ3v) is 2.62. The van der Waals surface area contributed by atoms with Crippen molar-refractivity contribution in [2.45, 2.75) is 13.5 Å². The fourth-order valence-corrected chi connectivity index (χ4v) is 1.81. The number of phenolic OH excluding ortho intramolecular Hbond substituents is 1. The summed E-state index contributed by atoms with van der Waals surface area (Å²) in [6.45, 7) is 1.98. The molecule has 0 aliphatic carbocycles. The first kappa shape index (κ1) is 13.0. The Morgan fingerprint density at radius 2 is 2.05 bits per heavy atom. The summed E-state index contributed by atoms with van der Waals surface area (Å²) in [7, 11) is 0. The highest BCUT2D eigenvalue weighted by molar-refractivity contribution is 5.90. The molecule has 98 valence electrons. The maximum Gasteiger partial charge on any atom is 0.338 e. The van der Waals surface area contributed by atoms with Gasteiger partial charge in [0.15, 0.2) is 0 Å². The predicted octanol–water partition coefficient (Wildman–Crippen LogP) is 2.64. The number of ether oxygens (including phenoxy) is 1. The fraction of sp³-hybridized carbons (Fsp3) is 0.133. The summed E-state index contributed by atoms with van der Waals surface area (Å²) in [6, 6.07) is 11.7. The van der Waals surface area contributed by atoms with E-state index in [1.165, 1.54) is 0 Å². The van der Waals surface area contributed by atoms with E-state index in [4.69, 9.17) is 10.5 Å². The van der Waals surface area contributed by atoms with Crippen LogP contribution in [0.15, 0.2) is 42.5 Å². The average Bonchev–Trinajstić information content (AvgIpc) is 2.35. The maximum absolute atomic E-state index is 11.9. The second kappa shape index (κ2) is 5.44. The van der Waals surface area contributed by atoms with Gasteiger partial charge in [-0.1, -0.05) is 12.1 Å². The normalized spacial score (nSPS) is 10.2. The van der Waals surface area contributed by atoms with Gasteiger partial charge < -0.3 is 15.6 Å². The third-order valence-electron chi connectivity index (χ3n) is 2.62. The number of benzene rings is 2. The molecule has 0 aliphatic heterocycles. The summed E-state index contributed by atoms with van der Waals surface area (Å²) < 4.78 is 5.17. The van der Waals surface area contributed by atoms with Crippen molar-refractivity contribution in [1.29, 1.82) is 0 Å². The highest BCUT2D eigenvalue weighted by Gasteiger charge is 2.08. The quantitative estimate of drug-likeness (QED) is 0.655. The van der Waals surface area contributed by atoms with Crippen LogP contribution < -0.4 is 5.73 Å². The van der Waals surface area contributed by atoms with E-state index in [1.807, 2.05) is 6.92 Å². The Morgan fingerprint density at radius 3 is 2.74 bits per heavy atom. The van der Waals surface area contributed by atoms with Gasteiger partial charge in [-0.05, 0) is 48.4 Å². The summed E-state index contributed by atoms with van der Waals surface area (Å²) in [4.78, 5) is 11.9. The zero-order valence-corrected chi connectivity index (χ0v) is 10.6. The lowest BCUT2D eigenvalue weighted by Gasteiger charge is -2.07. The molecule has 4 nitrogen and oxygen atoms in total. The zero-order chi connectivity index (χ0) is 13.8. The molecular weight excluding hydrogens is 242 g/mol. The van der Waals surface area contributed by atoms with Crippen LogP contribution in [0.2, 0.25) is 0 Å². The molecule has 0 aromatic heterocycles. The van der Waals surface area contributed by atoms with Crippen LogP contribution in [-0.2, 0) is 11.3 Å². The van der Waals surface area contributed by atoms with Crippen LogP contribution >= 0.6 is 0 Å². The van der Waals surface area contributed by atoms with Gasteiger partial charge in [-0.3, -0.25) is 0 Å². The molecule has 0 heterocycles. The van der Waals surface area contributed by atoms with Crippen LogP contribution in [0.25, 0.3) is 0 Å². The number of rotatable bonds is 3. The number of nitrogen functional groups attached to an aromatic ring is 1. The van der Waals surface area contributed by atoms with Gasteiger partial charge in [-0.2, -0.15) is 0 Å². The van der Waals surface area contributed by atoms with Crippen molar-refractivity contribution < 1.29 is 14.6 Å². The largest absolute Gasteiger partial charge is 0.508 e. The molecule has 0 saturated carbocycles. The molecule has 0 bridgehead atoms. The van der Waals surface area contributed by atoms with Crippen LogP contribution in [-0.4, -0.2) is 11.1 Å². The van der Waals surface area contributed by atoms with Crippen LogP contribution in [0.4, 0.5) is 5.69 Å². The summed E-state index contributed by atoms with van der Waals surface area (Å²) >= 11 is 0. The molecular formula is C15H15NO3. The van der Waals surface area contributed by atoms with Crippen LogP contribution in [0.1, 0.15) is 21.5 Å². The van der Waals surface area contributed by atoms with E-state index in [1.54, 1.807) is 42.5 Å². The number of carbonyl (C=O) groups is 1. The van der Waals surface area contributed by atoms with Crippen LogP contribution in [0.3, 0.4) is 0 Å². The molecule has 0 fully saturated rings. The minimum atomic E-state index is -0.432. The minimum Gasteiger partial charge on any atom is -0.508 e. The van der Waals surface area contributed by atoms with Gasteiger partial charge in [0.2, 0.25) is 0 Å². The number of hydrogen-bond donors (Lipinski definition) is 2. The summed E-state index contributed by atoms with van der Waals surface area (Å²) in [6.07, 6.45) is 0. The summed E-state index contributed by atoms with van der Waals surface area (Å²) in [5.41, 5.74) is 8.28. The molecule has 2 aromatic rings. The summed E-state index contributed by atoms with van der Waals surface area (Å²) in [5, 5.41) is 9.31. The number of anilines is 1. The monoisotopic (exact) mass is 257 g/mol. The number of esters is 1. The lowest BCUT2D eigenvalue weighted by atomic mass is 10.1. The fourth-order valence-electron chi connectivity index (χ4n) is 1.81. The van der Waals surface area contributed by atoms with Crippen molar-refractivity contribution in [3.8, 4) is 5.75 Å². The Labute approximate surface area is 111 Å². The lowest BCUT2D eigenvalue weighted by molar-refractivity contribution is 0.0472. The van der Waals surface area contributed by atoms with Gasteiger partial charge in [0, 0.05) is 5.69 Å². The van der Waals surface area contributed by atoms with E-state index in [-0.39, 0.29) is 12.4 Å². The Hall–Kier alpha value is -2.49. The van der Waals surface area contributed by atoms with Crippen molar-refractivity contribution in [3.05, 3.63) is 59.2 Å². The van der Waals surface area contributed by atoms with E-state index < -0.39 is 5.97 Å². The van der Waals surface area contributed by atoms with Gasteiger partial charge in [-0.25, -0.2) is 4.79 Å². The standard InChI is InChI=1S/C15H15NO3/c1-10-5-12(8-13(16)6-10)15(18)19-9-11-3-2-4-14(17)7-11/h2-8,17H,9,16H2,1H3. The Bertz CT molecular complexity index is 588. The molecule has 0 radical (unpaired) electrons. The molecule has 0 spiro atoms. The minimum absolute atomic E-state index is 0.112. The molecule has 0 amide bonds. The Kier molecular flexibility index (Phi) is 3.71. The van der Waals surface area contributed by atoms with Crippen molar-refractivity contribution in [2.24, 2.45) is 0 Å². The van der Waals surface area contributed by atoms with E-state index in [0.29, 0.717) is 11.3 Å². The van der Waals surface area contributed by atoms with Gasteiger partial charge in [0.25, 0.3) is 0 Å². The van der Waals surface area contributed by atoms with E-state index in [0.717, 1.165) is 11.1 Å². The van der Waals surface area contributed by atoms with Crippen molar-refractivity contribution in [1.82, 2.24) is 0 Å². The highest BCUT2D eigenvalue weighted by Crippen LogP contribution is 2.15. The number of carbonyl (C=O) groups excluding carboxylic acids is 1. The first-order chi connectivity index (χ1) is 9.04. The molecule has 19 heavy (non-hydrogen) atoms. The Balaban J connectivity index is 2.05. The second-order valence-electron chi connectivity index (χ2n) is 4.38. The molecule has 2 rings (SSSR count). The Morgan fingerprint density at radius 1 is 1.26 bits per heavy atom. The number of aromatic hydroxyl groups is 1. The molecule has 0 aliphatic rings. The van der Waals surface area contributed by atoms with Gasteiger partial charge in [0.05, 0.1) is 5.56 Å².